The van der Waals surface area contributed by atoms with Crippen LogP contribution < -0.4 is 5.73 Å². The average molecular weight is 229 g/mol. The number of hydrogen-bond acceptors (Lipinski definition) is 4. The van der Waals surface area contributed by atoms with E-state index in [-0.39, 0.29) is 5.97 Å². The first kappa shape index (κ1) is 13.5. The molecular weight excluding hydrogens is 206 g/mol. The maximum Gasteiger partial charge on any atom is 0.313 e. The molecule has 1 fully saturated rings. The fourth-order valence-corrected chi connectivity index (χ4v) is 2.14. The topological polar surface area (TPSA) is 61.5 Å². The number of rotatable bonds is 5. The summed E-state index contributed by atoms with van der Waals surface area (Å²) >= 11 is 0. The zero-order valence-electron chi connectivity index (χ0n) is 10.3. The van der Waals surface area contributed by atoms with Crippen LogP contribution in [0.5, 0.6) is 0 Å². The lowest BCUT2D eigenvalue weighted by molar-refractivity contribution is -0.155. The number of ether oxygens (including phenoxy) is 2. The molecule has 0 bridgehead atoms. The summed E-state index contributed by atoms with van der Waals surface area (Å²) in [4.78, 5) is 11.8. The Hall–Kier alpha value is -0.610. The van der Waals surface area contributed by atoms with Crippen LogP contribution in [0.4, 0.5) is 0 Å². The van der Waals surface area contributed by atoms with Crippen LogP contribution in [-0.2, 0) is 14.3 Å². The van der Waals surface area contributed by atoms with Gasteiger partial charge in [-0.05, 0) is 39.0 Å². The van der Waals surface area contributed by atoms with Crippen molar-refractivity contribution in [2.24, 2.45) is 17.1 Å². The van der Waals surface area contributed by atoms with E-state index in [0.29, 0.717) is 19.1 Å². The van der Waals surface area contributed by atoms with Gasteiger partial charge in [-0.25, -0.2) is 0 Å². The molecular formula is C12H23NO3. The summed E-state index contributed by atoms with van der Waals surface area (Å²) in [6.07, 6.45) is 2.86. The van der Waals surface area contributed by atoms with Crippen LogP contribution in [0.2, 0.25) is 0 Å². The van der Waals surface area contributed by atoms with Crippen molar-refractivity contribution in [1.29, 1.82) is 0 Å². The summed E-state index contributed by atoms with van der Waals surface area (Å²) in [5.74, 6) is 0.371. The first-order chi connectivity index (χ1) is 7.62. The Balaban J connectivity index is 2.53. The van der Waals surface area contributed by atoms with E-state index in [1.54, 1.807) is 0 Å². The van der Waals surface area contributed by atoms with Gasteiger partial charge in [-0.1, -0.05) is 0 Å². The highest BCUT2D eigenvalue weighted by Gasteiger charge is 2.36. The molecule has 1 aliphatic heterocycles. The molecule has 0 amide bonds. The van der Waals surface area contributed by atoms with Crippen LogP contribution in [0.1, 0.15) is 33.1 Å². The van der Waals surface area contributed by atoms with Gasteiger partial charge in [-0.15, -0.1) is 0 Å². The average Bonchev–Trinajstić information content (AvgIpc) is 2.30. The molecule has 1 rings (SSSR count). The summed E-state index contributed by atoms with van der Waals surface area (Å²) in [5.41, 5.74) is 5.19. The van der Waals surface area contributed by atoms with Crippen molar-refractivity contribution < 1.29 is 14.3 Å². The molecule has 94 valence electrons. The van der Waals surface area contributed by atoms with Crippen LogP contribution in [0.15, 0.2) is 0 Å². The maximum absolute atomic E-state index is 11.8. The minimum atomic E-state index is -0.530. The monoisotopic (exact) mass is 229 g/mol. The van der Waals surface area contributed by atoms with E-state index in [9.17, 15) is 4.79 Å². The quantitative estimate of drug-likeness (QED) is 0.722. The van der Waals surface area contributed by atoms with Crippen LogP contribution in [0, 0.1) is 11.3 Å². The highest BCUT2D eigenvalue weighted by atomic mass is 16.5. The maximum atomic E-state index is 11.8. The van der Waals surface area contributed by atoms with Crippen LogP contribution in [-0.4, -0.2) is 32.3 Å². The fourth-order valence-electron chi connectivity index (χ4n) is 2.14. The molecule has 1 heterocycles. The smallest absolute Gasteiger partial charge is 0.313 e. The second-order valence-electron chi connectivity index (χ2n) is 4.75. The van der Waals surface area contributed by atoms with Crippen molar-refractivity contribution in [2.45, 2.75) is 33.1 Å². The molecule has 0 radical (unpaired) electrons. The second kappa shape index (κ2) is 6.21. The summed E-state index contributed by atoms with van der Waals surface area (Å²) in [7, 11) is 0. The first-order valence-corrected chi connectivity index (χ1v) is 6.07. The number of nitrogens with two attached hydrogens (primary N) is 1. The molecule has 16 heavy (non-hydrogen) atoms. The Morgan fingerprint density at radius 2 is 2.12 bits per heavy atom. The molecule has 0 aromatic heterocycles. The minimum Gasteiger partial charge on any atom is -0.466 e. The molecule has 4 nitrogen and oxygen atoms in total. The lowest BCUT2D eigenvalue weighted by atomic mass is 9.78. The summed E-state index contributed by atoms with van der Waals surface area (Å²) in [6.45, 7) is 6.09. The molecule has 0 aromatic carbocycles. The third-order valence-electron chi connectivity index (χ3n) is 3.30. The van der Waals surface area contributed by atoms with Crippen molar-refractivity contribution >= 4 is 5.97 Å². The van der Waals surface area contributed by atoms with Gasteiger partial charge >= 0.3 is 5.97 Å². The molecule has 0 spiro atoms. The van der Waals surface area contributed by atoms with Gasteiger partial charge in [0.05, 0.1) is 12.0 Å². The zero-order chi connectivity index (χ0) is 12.0. The molecule has 4 heteroatoms. The van der Waals surface area contributed by atoms with Gasteiger partial charge in [0.1, 0.15) is 0 Å². The van der Waals surface area contributed by atoms with Crippen LogP contribution >= 0.6 is 0 Å². The third kappa shape index (κ3) is 3.46. The van der Waals surface area contributed by atoms with E-state index < -0.39 is 5.41 Å². The van der Waals surface area contributed by atoms with E-state index >= 15 is 0 Å². The first-order valence-electron chi connectivity index (χ1n) is 6.07. The van der Waals surface area contributed by atoms with Gasteiger partial charge in [-0.3, -0.25) is 4.79 Å². The van der Waals surface area contributed by atoms with Crippen molar-refractivity contribution in [3.63, 3.8) is 0 Å². The standard InChI is InChI=1S/C12H23NO3/c1-3-16-11(14)12(2,9-13)8-10-4-6-15-7-5-10/h10H,3-9,13H2,1-2H3. The van der Waals surface area contributed by atoms with E-state index in [0.717, 1.165) is 32.5 Å². The van der Waals surface area contributed by atoms with Crippen molar-refractivity contribution in [1.82, 2.24) is 0 Å². The zero-order valence-corrected chi connectivity index (χ0v) is 10.3. The predicted molar refractivity (Wildman–Crippen MR) is 62.0 cm³/mol. The van der Waals surface area contributed by atoms with Gasteiger partial charge in [0.2, 0.25) is 0 Å². The fraction of sp³-hybridized carbons (Fsp3) is 0.917. The lowest BCUT2D eigenvalue weighted by Crippen LogP contribution is -2.39. The summed E-state index contributed by atoms with van der Waals surface area (Å²) < 4.78 is 10.4. The number of hydrogen-bond donors (Lipinski definition) is 1. The molecule has 0 aliphatic carbocycles. The van der Waals surface area contributed by atoms with E-state index in [2.05, 4.69) is 0 Å². The Labute approximate surface area is 97.5 Å². The molecule has 1 atom stereocenters. The largest absolute Gasteiger partial charge is 0.466 e. The normalized spacial score (nSPS) is 21.4. The SMILES string of the molecule is CCOC(=O)C(C)(CN)CC1CCOCC1. The molecule has 1 saturated heterocycles. The Morgan fingerprint density at radius 1 is 1.50 bits per heavy atom. The number of carbonyl (C=O) groups is 1. The summed E-state index contributed by atoms with van der Waals surface area (Å²) in [5, 5.41) is 0. The molecule has 0 saturated carbocycles. The summed E-state index contributed by atoms with van der Waals surface area (Å²) in [6, 6.07) is 0. The van der Waals surface area contributed by atoms with Gasteiger partial charge in [0, 0.05) is 19.8 Å². The highest BCUT2D eigenvalue weighted by molar-refractivity contribution is 5.76. The number of carbonyl (C=O) groups excluding carboxylic acids is 1. The van der Waals surface area contributed by atoms with Crippen molar-refractivity contribution in [3.05, 3.63) is 0 Å². The minimum absolute atomic E-state index is 0.163. The Kier molecular flexibility index (Phi) is 5.22. The van der Waals surface area contributed by atoms with E-state index in [1.165, 1.54) is 0 Å². The molecule has 1 aliphatic rings. The Morgan fingerprint density at radius 3 is 2.62 bits per heavy atom. The Bertz CT molecular complexity index is 226. The molecule has 0 aromatic rings. The van der Waals surface area contributed by atoms with Crippen LogP contribution in [0.3, 0.4) is 0 Å². The molecule has 1 unspecified atom stereocenters. The van der Waals surface area contributed by atoms with Gasteiger partial charge in [0.25, 0.3) is 0 Å². The number of esters is 1. The van der Waals surface area contributed by atoms with E-state index in [4.69, 9.17) is 15.2 Å². The van der Waals surface area contributed by atoms with E-state index in [1.807, 2.05) is 13.8 Å². The molecule has 2 N–H and O–H groups in total. The van der Waals surface area contributed by atoms with Gasteiger partial charge in [-0.2, -0.15) is 0 Å². The predicted octanol–water partition coefficient (Wildman–Crippen LogP) is 1.33. The lowest BCUT2D eigenvalue weighted by Gasteiger charge is -2.31. The van der Waals surface area contributed by atoms with Gasteiger partial charge < -0.3 is 15.2 Å². The van der Waals surface area contributed by atoms with Gasteiger partial charge in [0.15, 0.2) is 0 Å². The highest BCUT2D eigenvalue weighted by Crippen LogP contribution is 2.31. The third-order valence-corrected chi connectivity index (χ3v) is 3.30. The van der Waals surface area contributed by atoms with Crippen molar-refractivity contribution in [3.8, 4) is 0 Å². The second-order valence-corrected chi connectivity index (χ2v) is 4.75. The van der Waals surface area contributed by atoms with Crippen LogP contribution in [0.25, 0.3) is 0 Å². The van der Waals surface area contributed by atoms with Crippen molar-refractivity contribution in [2.75, 3.05) is 26.4 Å².